The monoisotopic (exact) mass is 352 g/mol. The van der Waals surface area contributed by atoms with Crippen LogP contribution in [0.1, 0.15) is 56.2 Å². The number of hydrogen-bond acceptors (Lipinski definition) is 6. The Morgan fingerprint density at radius 3 is 2.79 bits per heavy atom. The van der Waals surface area contributed by atoms with Crippen LogP contribution in [0.3, 0.4) is 0 Å². The van der Waals surface area contributed by atoms with E-state index in [0.717, 1.165) is 31.0 Å². The maximum absolute atomic E-state index is 12.2. The van der Waals surface area contributed by atoms with Crippen LogP contribution >= 0.6 is 11.8 Å². The second-order valence-electron chi connectivity index (χ2n) is 6.88. The largest absolute Gasteiger partial charge is 0.339 e. The summed E-state index contributed by atoms with van der Waals surface area (Å²) in [5.74, 6) is 3.48. The van der Waals surface area contributed by atoms with E-state index in [1.54, 1.807) is 16.7 Å². The summed E-state index contributed by atoms with van der Waals surface area (Å²) in [7, 11) is 1.81. The number of rotatable bonds is 8. The normalized spacial score (nSPS) is 19.2. The van der Waals surface area contributed by atoms with Gasteiger partial charge in [-0.1, -0.05) is 18.0 Å². The maximum atomic E-state index is 12.2. The molecule has 0 radical (unpaired) electrons. The Labute approximate surface area is 148 Å². The van der Waals surface area contributed by atoms with E-state index in [1.165, 1.54) is 38.8 Å². The number of nitrogens with zero attached hydrogens (tertiary/aromatic N) is 4. The van der Waals surface area contributed by atoms with Crippen LogP contribution in [0.25, 0.3) is 0 Å². The van der Waals surface area contributed by atoms with E-state index >= 15 is 0 Å². The van der Waals surface area contributed by atoms with E-state index < -0.39 is 0 Å². The number of amides is 1. The lowest BCUT2D eigenvalue weighted by molar-refractivity contribution is -0.127. The molecular formula is C17H28N4O2S. The lowest BCUT2D eigenvalue weighted by Gasteiger charge is -2.16. The van der Waals surface area contributed by atoms with Crippen molar-refractivity contribution in [3.63, 3.8) is 0 Å². The first-order valence-electron chi connectivity index (χ1n) is 9.09. The van der Waals surface area contributed by atoms with E-state index in [0.29, 0.717) is 24.0 Å². The Balaban J connectivity index is 1.36. The second kappa shape index (κ2) is 8.85. The quantitative estimate of drug-likeness (QED) is 0.670. The number of hydrogen-bond donors (Lipinski definition) is 0. The highest BCUT2D eigenvalue weighted by molar-refractivity contribution is 7.99. The summed E-state index contributed by atoms with van der Waals surface area (Å²) in [4.78, 5) is 20.9. The maximum Gasteiger partial charge on any atom is 0.232 e. The number of thioether (sulfide) groups is 1. The molecule has 0 unspecified atom stereocenters. The third-order valence-electron chi connectivity index (χ3n) is 4.97. The minimum atomic E-state index is 0.133. The Morgan fingerprint density at radius 2 is 2.04 bits per heavy atom. The molecular weight excluding hydrogens is 324 g/mol. The van der Waals surface area contributed by atoms with E-state index in [1.807, 2.05) is 7.05 Å². The molecule has 2 fully saturated rings. The lowest BCUT2D eigenvalue weighted by Crippen LogP contribution is -2.29. The van der Waals surface area contributed by atoms with Gasteiger partial charge in [0.25, 0.3) is 0 Å². The third kappa shape index (κ3) is 4.96. The number of aromatic nitrogens is 2. The van der Waals surface area contributed by atoms with Gasteiger partial charge in [-0.25, -0.2) is 0 Å². The van der Waals surface area contributed by atoms with Crippen LogP contribution in [0, 0.1) is 0 Å². The van der Waals surface area contributed by atoms with E-state index in [9.17, 15) is 4.79 Å². The Morgan fingerprint density at radius 1 is 1.29 bits per heavy atom. The van der Waals surface area contributed by atoms with Gasteiger partial charge in [0.1, 0.15) is 0 Å². The summed E-state index contributed by atoms with van der Waals surface area (Å²) in [6, 6.07) is 0. The van der Waals surface area contributed by atoms with Crippen molar-refractivity contribution >= 4 is 17.7 Å². The highest BCUT2D eigenvalue weighted by Crippen LogP contribution is 2.32. The highest BCUT2D eigenvalue weighted by Gasteiger charge is 2.23. The minimum absolute atomic E-state index is 0.133. The van der Waals surface area contributed by atoms with Crippen LogP contribution in [0.5, 0.6) is 0 Å². The van der Waals surface area contributed by atoms with Gasteiger partial charge in [0.05, 0.1) is 12.3 Å². The average Bonchev–Trinajstić information content (AvgIpc) is 3.32. The Hall–Kier alpha value is -1.08. The number of carbonyl (C=O) groups is 1. The van der Waals surface area contributed by atoms with Gasteiger partial charge in [0.15, 0.2) is 5.82 Å². The van der Waals surface area contributed by atoms with Crippen molar-refractivity contribution in [2.24, 2.45) is 0 Å². The van der Waals surface area contributed by atoms with Gasteiger partial charge >= 0.3 is 0 Å². The Bertz CT molecular complexity index is 524. The van der Waals surface area contributed by atoms with Gasteiger partial charge in [-0.15, -0.1) is 0 Å². The zero-order chi connectivity index (χ0) is 16.8. The zero-order valence-electron chi connectivity index (χ0n) is 14.6. The van der Waals surface area contributed by atoms with Crippen LogP contribution in [0.15, 0.2) is 4.52 Å². The van der Waals surface area contributed by atoms with Crippen molar-refractivity contribution in [2.45, 2.75) is 51.0 Å². The standard InChI is InChI=1S/C17H28N4O2S/c1-20(16(22)13-24-11-10-21-8-4-5-9-21)12-15-18-17(23-19-15)14-6-2-3-7-14/h14H,2-13H2,1H3. The molecule has 0 bridgehead atoms. The van der Waals surface area contributed by atoms with Crippen LogP contribution in [0.2, 0.25) is 0 Å². The van der Waals surface area contributed by atoms with Gasteiger partial charge in [0.2, 0.25) is 11.8 Å². The minimum Gasteiger partial charge on any atom is -0.339 e. The molecule has 1 aromatic rings. The SMILES string of the molecule is CN(Cc1noc(C2CCCC2)n1)C(=O)CSCCN1CCCC1. The van der Waals surface area contributed by atoms with Gasteiger partial charge in [-0.05, 0) is 38.8 Å². The average molecular weight is 353 g/mol. The molecule has 1 aliphatic carbocycles. The van der Waals surface area contributed by atoms with Crippen LogP contribution in [-0.4, -0.2) is 64.0 Å². The lowest BCUT2D eigenvalue weighted by atomic mass is 10.1. The van der Waals surface area contributed by atoms with Crippen molar-refractivity contribution in [2.75, 3.05) is 38.2 Å². The first-order chi connectivity index (χ1) is 11.7. The fourth-order valence-corrected chi connectivity index (χ4v) is 4.37. The summed E-state index contributed by atoms with van der Waals surface area (Å²) < 4.78 is 5.37. The van der Waals surface area contributed by atoms with Gasteiger partial charge in [-0.2, -0.15) is 16.7 Å². The summed E-state index contributed by atoms with van der Waals surface area (Å²) in [5, 5.41) is 4.04. The van der Waals surface area contributed by atoms with Gasteiger partial charge in [-0.3, -0.25) is 4.79 Å². The zero-order valence-corrected chi connectivity index (χ0v) is 15.4. The predicted molar refractivity (Wildman–Crippen MR) is 95.0 cm³/mol. The first-order valence-corrected chi connectivity index (χ1v) is 10.2. The van der Waals surface area contributed by atoms with Gasteiger partial charge < -0.3 is 14.3 Å². The molecule has 1 aliphatic heterocycles. The summed E-state index contributed by atoms with van der Waals surface area (Å²) in [5.41, 5.74) is 0. The van der Waals surface area contributed by atoms with E-state index in [-0.39, 0.29) is 5.91 Å². The first kappa shape index (κ1) is 17.7. The third-order valence-corrected chi connectivity index (χ3v) is 5.89. The topological polar surface area (TPSA) is 62.5 Å². The molecule has 2 aliphatic rings. The van der Waals surface area contributed by atoms with Crippen LogP contribution in [0.4, 0.5) is 0 Å². The van der Waals surface area contributed by atoms with Crippen molar-refractivity contribution in [1.29, 1.82) is 0 Å². The van der Waals surface area contributed by atoms with Crippen molar-refractivity contribution in [3.8, 4) is 0 Å². The highest BCUT2D eigenvalue weighted by atomic mass is 32.2. The fourth-order valence-electron chi connectivity index (χ4n) is 3.44. The molecule has 1 amide bonds. The second-order valence-corrected chi connectivity index (χ2v) is 7.99. The molecule has 7 heteroatoms. The molecule has 3 rings (SSSR count). The fraction of sp³-hybridized carbons (Fsp3) is 0.824. The van der Waals surface area contributed by atoms with E-state index in [4.69, 9.17) is 4.52 Å². The smallest absolute Gasteiger partial charge is 0.232 e. The Kier molecular flexibility index (Phi) is 6.54. The molecule has 0 atom stereocenters. The van der Waals surface area contributed by atoms with Crippen LogP contribution < -0.4 is 0 Å². The summed E-state index contributed by atoms with van der Waals surface area (Å²) >= 11 is 1.72. The van der Waals surface area contributed by atoms with Crippen LogP contribution in [-0.2, 0) is 11.3 Å². The molecule has 2 heterocycles. The van der Waals surface area contributed by atoms with Crippen molar-refractivity contribution < 1.29 is 9.32 Å². The molecule has 134 valence electrons. The molecule has 6 nitrogen and oxygen atoms in total. The van der Waals surface area contributed by atoms with Gasteiger partial charge in [0, 0.05) is 25.3 Å². The summed E-state index contributed by atoms with van der Waals surface area (Å²) in [6.07, 6.45) is 7.42. The molecule has 1 saturated heterocycles. The molecule has 1 aromatic heterocycles. The molecule has 0 N–H and O–H groups in total. The number of carbonyl (C=O) groups excluding carboxylic acids is 1. The molecule has 0 spiro atoms. The predicted octanol–water partition coefficient (Wildman–Crippen LogP) is 2.51. The van der Waals surface area contributed by atoms with E-state index in [2.05, 4.69) is 15.0 Å². The van der Waals surface area contributed by atoms with Crippen molar-refractivity contribution in [3.05, 3.63) is 11.7 Å². The molecule has 0 aromatic carbocycles. The summed E-state index contributed by atoms with van der Waals surface area (Å²) in [6.45, 7) is 3.96. The molecule has 1 saturated carbocycles. The van der Waals surface area contributed by atoms with Crippen molar-refractivity contribution in [1.82, 2.24) is 19.9 Å². The molecule has 24 heavy (non-hydrogen) atoms. The number of likely N-dealkylation sites (tertiary alicyclic amines) is 1.